The van der Waals surface area contributed by atoms with Crippen LogP contribution in [0, 0.1) is 5.92 Å². The smallest absolute Gasteiger partial charge is 0.407 e. The fourth-order valence-electron chi connectivity index (χ4n) is 3.77. The fraction of sp³-hybridized carbons (Fsp3) is 0.600. The van der Waals surface area contributed by atoms with Crippen molar-refractivity contribution in [1.82, 2.24) is 10.2 Å². The van der Waals surface area contributed by atoms with Crippen LogP contribution in [0.2, 0.25) is 0 Å². The van der Waals surface area contributed by atoms with Crippen LogP contribution < -0.4 is 10.2 Å². The molecule has 0 spiro atoms. The number of carboxylic acid groups (broad SMARTS) is 1. The normalized spacial score (nSPS) is 15.9. The summed E-state index contributed by atoms with van der Waals surface area (Å²) < 4.78 is 5.27. The van der Waals surface area contributed by atoms with Crippen LogP contribution in [0.5, 0.6) is 0 Å². The van der Waals surface area contributed by atoms with Gasteiger partial charge in [0, 0.05) is 19.6 Å². The number of alkyl carbamates (subject to hydrolysis) is 1. The quantitative estimate of drug-likeness (QED) is 0.529. The predicted octanol–water partition coefficient (Wildman–Crippen LogP) is 3.45. The highest BCUT2D eigenvalue weighted by molar-refractivity contribution is 6.09. The van der Waals surface area contributed by atoms with Gasteiger partial charge in [-0.25, -0.2) is 4.79 Å². The molecule has 0 aliphatic carbocycles. The molecule has 0 radical (unpaired) electrons. The zero-order valence-corrected chi connectivity index (χ0v) is 21.0. The molecule has 1 aliphatic heterocycles. The number of rotatable bonds is 9. The van der Waals surface area contributed by atoms with Crippen molar-refractivity contribution in [2.24, 2.45) is 5.92 Å². The van der Waals surface area contributed by atoms with Crippen LogP contribution in [0.3, 0.4) is 0 Å². The molecular weight excluding hydrogens is 438 g/mol. The first-order valence-corrected chi connectivity index (χ1v) is 11.7. The van der Waals surface area contributed by atoms with E-state index in [0.29, 0.717) is 11.3 Å². The van der Waals surface area contributed by atoms with Crippen LogP contribution in [0.25, 0.3) is 0 Å². The number of anilines is 1. The van der Waals surface area contributed by atoms with Gasteiger partial charge in [-0.3, -0.25) is 14.4 Å². The molecule has 1 aromatic rings. The van der Waals surface area contributed by atoms with E-state index in [1.165, 1.54) is 16.7 Å². The predicted molar refractivity (Wildman–Crippen MR) is 129 cm³/mol. The number of nitrogens with one attached hydrogen (secondary N) is 1. The third kappa shape index (κ3) is 7.74. The summed E-state index contributed by atoms with van der Waals surface area (Å²) in [6.45, 7) is 8.74. The SMILES string of the molecule is CC(CCCCc1ccc2c(c1)C(=O)N(CC(C)C(=O)O)CC(=O)N2C)NC(=O)OC(C)(C)C. The van der Waals surface area contributed by atoms with E-state index in [-0.39, 0.29) is 30.9 Å². The number of hydrogen-bond acceptors (Lipinski definition) is 5. The largest absolute Gasteiger partial charge is 0.481 e. The number of aliphatic carboxylic acids is 1. The third-order valence-electron chi connectivity index (χ3n) is 5.67. The highest BCUT2D eigenvalue weighted by Gasteiger charge is 2.31. The van der Waals surface area contributed by atoms with Crippen LogP contribution >= 0.6 is 0 Å². The number of carboxylic acids is 1. The Morgan fingerprint density at radius 3 is 2.47 bits per heavy atom. The summed E-state index contributed by atoms with van der Waals surface area (Å²) in [5.74, 6) is -2.38. The van der Waals surface area contributed by atoms with E-state index in [1.54, 1.807) is 19.2 Å². The summed E-state index contributed by atoms with van der Waals surface area (Å²) in [5, 5.41) is 12.1. The number of likely N-dealkylation sites (N-methyl/N-ethyl adjacent to an activating group) is 1. The minimum absolute atomic E-state index is 0.0204. The van der Waals surface area contributed by atoms with Gasteiger partial charge in [0.1, 0.15) is 12.1 Å². The summed E-state index contributed by atoms with van der Waals surface area (Å²) in [6, 6.07) is 5.46. The highest BCUT2D eigenvalue weighted by atomic mass is 16.6. The van der Waals surface area contributed by atoms with E-state index >= 15 is 0 Å². The molecule has 0 saturated heterocycles. The third-order valence-corrected chi connectivity index (χ3v) is 5.67. The van der Waals surface area contributed by atoms with E-state index in [1.807, 2.05) is 33.8 Å². The van der Waals surface area contributed by atoms with Crippen molar-refractivity contribution >= 4 is 29.6 Å². The second kappa shape index (κ2) is 11.4. The lowest BCUT2D eigenvalue weighted by Gasteiger charge is -2.22. The molecule has 2 rings (SSSR count). The number of nitrogens with zero attached hydrogens (tertiary/aromatic N) is 2. The van der Waals surface area contributed by atoms with Gasteiger partial charge in [-0.1, -0.05) is 19.4 Å². The van der Waals surface area contributed by atoms with Crippen molar-refractivity contribution in [2.75, 3.05) is 25.0 Å². The fourth-order valence-corrected chi connectivity index (χ4v) is 3.77. The number of amides is 3. The summed E-state index contributed by atoms with van der Waals surface area (Å²) in [4.78, 5) is 51.6. The number of carbonyl (C=O) groups excluding carboxylic acids is 3. The molecule has 0 saturated carbocycles. The maximum Gasteiger partial charge on any atom is 0.407 e. The van der Waals surface area contributed by atoms with Crippen molar-refractivity contribution in [1.29, 1.82) is 0 Å². The van der Waals surface area contributed by atoms with E-state index < -0.39 is 23.6 Å². The van der Waals surface area contributed by atoms with Crippen LogP contribution in [-0.4, -0.2) is 65.7 Å². The minimum Gasteiger partial charge on any atom is -0.481 e. The van der Waals surface area contributed by atoms with Gasteiger partial charge in [-0.2, -0.15) is 0 Å². The Balaban J connectivity index is 1.99. The average Bonchev–Trinajstić information content (AvgIpc) is 2.80. The molecular formula is C25H37N3O6. The summed E-state index contributed by atoms with van der Waals surface area (Å²) >= 11 is 0. The summed E-state index contributed by atoms with van der Waals surface area (Å²) in [6.07, 6.45) is 2.85. The van der Waals surface area contributed by atoms with Crippen LogP contribution in [0.15, 0.2) is 18.2 Å². The first-order chi connectivity index (χ1) is 15.8. The van der Waals surface area contributed by atoms with Crippen LogP contribution in [-0.2, 0) is 20.7 Å². The molecule has 9 nitrogen and oxygen atoms in total. The van der Waals surface area contributed by atoms with Gasteiger partial charge in [0.15, 0.2) is 0 Å². The summed E-state index contributed by atoms with van der Waals surface area (Å²) in [5.41, 5.74) is 1.36. The number of unbranched alkanes of at least 4 members (excludes halogenated alkanes) is 1. The minimum atomic E-state index is -1.01. The molecule has 2 N–H and O–H groups in total. The molecule has 188 valence electrons. The van der Waals surface area contributed by atoms with Gasteiger partial charge in [0.25, 0.3) is 5.91 Å². The lowest BCUT2D eigenvalue weighted by atomic mass is 10.0. The molecule has 2 atom stereocenters. The number of benzene rings is 1. The summed E-state index contributed by atoms with van der Waals surface area (Å²) in [7, 11) is 1.62. The lowest BCUT2D eigenvalue weighted by molar-refractivity contribution is -0.141. The van der Waals surface area contributed by atoms with E-state index in [4.69, 9.17) is 4.74 Å². The van der Waals surface area contributed by atoms with E-state index in [2.05, 4.69) is 5.32 Å². The van der Waals surface area contributed by atoms with Gasteiger partial charge in [0.2, 0.25) is 5.91 Å². The van der Waals surface area contributed by atoms with E-state index in [9.17, 15) is 24.3 Å². The first kappa shape index (κ1) is 27.1. The number of fused-ring (bicyclic) bond motifs is 1. The van der Waals surface area contributed by atoms with E-state index in [0.717, 1.165) is 31.2 Å². The maximum absolute atomic E-state index is 13.2. The number of aryl methyl sites for hydroxylation is 1. The monoisotopic (exact) mass is 475 g/mol. The Labute approximate surface area is 201 Å². The molecule has 1 aromatic carbocycles. The molecule has 0 aromatic heterocycles. The Morgan fingerprint density at radius 2 is 1.85 bits per heavy atom. The van der Waals surface area contributed by atoms with Gasteiger partial charge in [-0.15, -0.1) is 0 Å². The molecule has 0 fully saturated rings. The van der Waals surface area contributed by atoms with Gasteiger partial charge < -0.3 is 25.0 Å². The van der Waals surface area contributed by atoms with Crippen molar-refractivity contribution in [3.05, 3.63) is 29.3 Å². The molecule has 9 heteroatoms. The Bertz CT molecular complexity index is 924. The Morgan fingerprint density at radius 1 is 1.18 bits per heavy atom. The van der Waals surface area contributed by atoms with Gasteiger partial charge >= 0.3 is 12.1 Å². The number of hydrogen-bond donors (Lipinski definition) is 2. The van der Waals surface area contributed by atoms with Gasteiger partial charge in [0.05, 0.1) is 17.2 Å². The number of ether oxygens (including phenoxy) is 1. The average molecular weight is 476 g/mol. The van der Waals surface area contributed by atoms with Crippen LogP contribution in [0.1, 0.15) is 69.8 Å². The maximum atomic E-state index is 13.2. The van der Waals surface area contributed by atoms with Crippen molar-refractivity contribution in [2.45, 2.75) is 71.9 Å². The Hall–Kier alpha value is -3.10. The topological polar surface area (TPSA) is 116 Å². The zero-order valence-electron chi connectivity index (χ0n) is 21.0. The zero-order chi connectivity index (χ0) is 25.6. The van der Waals surface area contributed by atoms with Crippen LogP contribution in [0.4, 0.5) is 10.5 Å². The van der Waals surface area contributed by atoms with Crippen molar-refractivity contribution in [3.8, 4) is 0 Å². The first-order valence-electron chi connectivity index (χ1n) is 11.7. The second-order valence-corrected chi connectivity index (χ2v) is 10.0. The second-order valence-electron chi connectivity index (χ2n) is 10.0. The molecule has 1 aliphatic rings. The molecule has 34 heavy (non-hydrogen) atoms. The molecule has 2 unspecified atom stereocenters. The molecule has 1 heterocycles. The highest BCUT2D eigenvalue weighted by Crippen LogP contribution is 2.27. The standard InChI is InChI=1S/C25H37N3O6/c1-16(23(31)32)14-28-15-21(29)27(6)20-12-11-18(13-19(20)22(28)30)10-8-7-9-17(2)26-24(33)34-25(3,4)5/h11-13,16-17H,7-10,14-15H2,1-6H3,(H,26,33)(H,31,32). The molecule has 0 bridgehead atoms. The molecule has 3 amide bonds. The van der Waals surface area contributed by atoms with Gasteiger partial charge in [-0.05, 0) is 64.7 Å². The number of carbonyl (C=O) groups is 4. The lowest BCUT2D eigenvalue weighted by Crippen LogP contribution is -2.41. The Kier molecular flexibility index (Phi) is 9.06. The van der Waals surface area contributed by atoms with Crippen molar-refractivity contribution in [3.63, 3.8) is 0 Å². The van der Waals surface area contributed by atoms with Crippen molar-refractivity contribution < 1.29 is 29.0 Å².